The molecule has 1 saturated carbocycles. The molecule has 0 aromatic heterocycles. The van der Waals surface area contributed by atoms with Crippen molar-refractivity contribution >= 4 is 0 Å². The van der Waals surface area contributed by atoms with Crippen molar-refractivity contribution in [3.63, 3.8) is 0 Å². The van der Waals surface area contributed by atoms with Gasteiger partial charge in [0.2, 0.25) is 0 Å². The van der Waals surface area contributed by atoms with E-state index < -0.39 is 0 Å². The molecule has 2 rings (SSSR count). The highest BCUT2D eigenvalue weighted by molar-refractivity contribution is 5.19. The monoisotopic (exact) mass is 249 g/mol. The van der Waals surface area contributed by atoms with E-state index in [1.165, 1.54) is 37.7 Å². The first-order valence-electron chi connectivity index (χ1n) is 7.28. The molecular weight excluding hydrogens is 225 g/mol. The van der Waals surface area contributed by atoms with Crippen molar-refractivity contribution in [2.24, 2.45) is 5.92 Å². The summed E-state index contributed by atoms with van der Waals surface area (Å²) in [5.74, 6) is 0.689. The minimum absolute atomic E-state index is 0.152. The van der Waals surface area contributed by atoms with Gasteiger partial charge in [-0.15, -0.1) is 0 Å². The summed E-state index contributed by atoms with van der Waals surface area (Å²) in [4.78, 5) is 0. The second-order valence-electron chi connectivity index (χ2n) is 5.42. The SMILES string of the molecule is CCC(NCC1CCCCC1)c1ccc(F)cc1. The first-order chi connectivity index (χ1) is 8.79. The molecule has 1 aliphatic carbocycles. The van der Waals surface area contributed by atoms with Crippen molar-refractivity contribution in [3.8, 4) is 0 Å². The highest BCUT2D eigenvalue weighted by Gasteiger charge is 2.15. The topological polar surface area (TPSA) is 12.0 Å². The van der Waals surface area contributed by atoms with Crippen molar-refractivity contribution < 1.29 is 4.39 Å². The molecule has 0 amide bonds. The molecule has 0 spiro atoms. The van der Waals surface area contributed by atoms with Crippen molar-refractivity contribution in [2.75, 3.05) is 6.54 Å². The molecule has 0 saturated heterocycles. The fourth-order valence-electron chi connectivity index (χ4n) is 2.89. The molecule has 18 heavy (non-hydrogen) atoms. The average molecular weight is 249 g/mol. The van der Waals surface area contributed by atoms with Gasteiger partial charge in [0.05, 0.1) is 0 Å². The highest BCUT2D eigenvalue weighted by atomic mass is 19.1. The van der Waals surface area contributed by atoms with Gasteiger partial charge in [0, 0.05) is 6.04 Å². The van der Waals surface area contributed by atoms with Crippen LogP contribution in [0.3, 0.4) is 0 Å². The van der Waals surface area contributed by atoms with Crippen molar-refractivity contribution in [2.45, 2.75) is 51.5 Å². The summed E-state index contributed by atoms with van der Waals surface area (Å²) in [6.07, 6.45) is 7.98. The molecule has 0 radical (unpaired) electrons. The van der Waals surface area contributed by atoms with Crippen LogP contribution in [0.2, 0.25) is 0 Å². The van der Waals surface area contributed by atoms with E-state index in [1.54, 1.807) is 12.1 Å². The number of benzene rings is 1. The third kappa shape index (κ3) is 3.81. The second-order valence-corrected chi connectivity index (χ2v) is 5.42. The quantitative estimate of drug-likeness (QED) is 0.813. The van der Waals surface area contributed by atoms with Crippen LogP contribution in [0, 0.1) is 11.7 Å². The zero-order valence-electron chi connectivity index (χ0n) is 11.3. The number of hydrogen-bond donors (Lipinski definition) is 1. The van der Waals surface area contributed by atoms with Crippen LogP contribution in [0.5, 0.6) is 0 Å². The summed E-state index contributed by atoms with van der Waals surface area (Å²) in [5, 5.41) is 3.65. The predicted molar refractivity (Wildman–Crippen MR) is 74.0 cm³/mol. The van der Waals surface area contributed by atoms with Crippen LogP contribution in [0.25, 0.3) is 0 Å². The Bertz CT molecular complexity index is 341. The van der Waals surface area contributed by atoms with E-state index in [4.69, 9.17) is 0 Å². The lowest BCUT2D eigenvalue weighted by atomic mass is 9.89. The summed E-state index contributed by atoms with van der Waals surface area (Å²) in [7, 11) is 0. The molecule has 100 valence electrons. The minimum atomic E-state index is -0.152. The lowest BCUT2D eigenvalue weighted by Crippen LogP contribution is -2.28. The minimum Gasteiger partial charge on any atom is -0.310 e. The Morgan fingerprint density at radius 1 is 1.17 bits per heavy atom. The molecule has 1 aromatic carbocycles. The van der Waals surface area contributed by atoms with Crippen LogP contribution < -0.4 is 5.32 Å². The third-order valence-corrected chi connectivity index (χ3v) is 4.06. The van der Waals surface area contributed by atoms with Gasteiger partial charge in [0.15, 0.2) is 0 Å². The van der Waals surface area contributed by atoms with E-state index in [-0.39, 0.29) is 5.82 Å². The van der Waals surface area contributed by atoms with Crippen LogP contribution in [-0.4, -0.2) is 6.54 Å². The lowest BCUT2D eigenvalue weighted by Gasteiger charge is -2.25. The molecule has 0 heterocycles. The van der Waals surface area contributed by atoms with E-state index >= 15 is 0 Å². The maximum Gasteiger partial charge on any atom is 0.123 e. The molecule has 1 atom stereocenters. The van der Waals surface area contributed by atoms with E-state index in [2.05, 4.69) is 12.2 Å². The van der Waals surface area contributed by atoms with E-state index in [9.17, 15) is 4.39 Å². The van der Waals surface area contributed by atoms with Crippen LogP contribution >= 0.6 is 0 Å². The molecule has 0 aliphatic heterocycles. The van der Waals surface area contributed by atoms with Crippen molar-refractivity contribution in [1.82, 2.24) is 5.32 Å². The maximum atomic E-state index is 12.9. The fourth-order valence-corrected chi connectivity index (χ4v) is 2.89. The summed E-state index contributed by atoms with van der Waals surface area (Å²) in [5.41, 5.74) is 1.20. The zero-order valence-corrected chi connectivity index (χ0v) is 11.3. The number of nitrogens with one attached hydrogen (secondary N) is 1. The second kappa shape index (κ2) is 6.89. The Morgan fingerprint density at radius 2 is 1.83 bits per heavy atom. The number of rotatable bonds is 5. The van der Waals surface area contributed by atoms with Crippen LogP contribution in [0.1, 0.15) is 57.1 Å². The zero-order chi connectivity index (χ0) is 12.8. The predicted octanol–water partition coefficient (Wildman–Crippen LogP) is 4.45. The molecule has 1 fully saturated rings. The average Bonchev–Trinajstić information content (AvgIpc) is 2.42. The van der Waals surface area contributed by atoms with Gasteiger partial charge in [0.25, 0.3) is 0 Å². The summed E-state index contributed by atoms with van der Waals surface area (Å²) in [6.45, 7) is 3.29. The molecule has 1 nitrogen and oxygen atoms in total. The number of hydrogen-bond acceptors (Lipinski definition) is 1. The fraction of sp³-hybridized carbons (Fsp3) is 0.625. The summed E-state index contributed by atoms with van der Waals surface area (Å²) >= 11 is 0. The van der Waals surface area contributed by atoms with Gasteiger partial charge in [-0.25, -0.2) is 4.39 Å². The molecule has 1 unspecified atom stereocenters. The van der Waals surface area contributed by atoms with E-state index in [1.807, 2.05) is 12.1 Å². The molecule has 2 heteroatoms. The Labute approximate surface area is 110 Å². The van der Waals surface area contributed by atoms with Gasteiger partial charge in [-0.2, -0.15) is 0 Å². The molecular formula is C16H24FN. The largest absolute Gasteiger partial charge is 0.310 e. The lowest BCUT2D eigenvalue weighted by molar-refractivity contribution is 0.326. The van der Waals surface area contributed by atoms with Crippen LogP contribution in [-0.2, 0) is 0 Å². The maximum absolute atomic E-state index is 12.9. The molecule has 0 bridgehead atoms. The summed E-state index contributed by atoms with van der Waals surface area (Å²) in [6, 6.07) is 7.28. The third-order valence-electron chi connectivity index (χ3n) is 4.06. The van der Waals surface area contributed by atoms with Crippen LogP contribution in [0.15, 0.2) is 24.3 Å². The van der Waals surface area contributed by atoms with Gasteiger partial charge in [-0.3, -0.25) is 0 Å². The Balaban J connectivity index is 1.86. The van der Waals surface area contributed by atoms with Crippen molar-refractivity contribution in [3.05, 3.63) is 35.6 Å². The Kier molecular flexibility index (Phi) is 5.18. The molecule has 1 N–H and O–H groups in total. The first kappa shape index (κ1) is 13.5. The van der Waals surface area contributed by atoms with E-state index in [0.717, 1.165) is 18.9 Å². The van der Waals surface area contributed by atoms with Gasteiger partial charge in [0.1, 0.15) is 5.82 Å². The Hall–Kier alpha value is -0.890. The van der Waals surface area contributed by atoms with Gasteiger partial charge in [-0.1, -0.05) is 38.3 Å². The normalized spacial score (nSPS) is 18.8. The van der Waals surface area contributed by atoms with Gasteiger partial charge >= 0.3 is 0 Å². The molecule has 1 aliphatic rings. The highest BCUT2D eigenvalue weighted by Crippen LogP contribution is 2.24. The van der Waals surface area contributed by atoms with E-state index in [0.29, 0.717) is 6.04 Å². The standard InChI is InChI=1S/C16H24FN/c1-2-16(14-8-10-15(17)11-9-14)18-12-13-6-4-3-5-7-13/h8-11,13,16,18H,2-7,12H2,1H3. The first-order valence-corrected chi connectivity index (χ1v) is 7.28. The van der Waals surface area contributed by atoms with Gasteiger partial charge in [-0.05, 0) is 49.4 Å². The van der Waals surface area contributed by atoms with Gasteiger partial charge < -0.3 is 5.32 Å². The smallest absolute Gasteiger partial charge is 0.123 e. The van der Waals surface area contributed by atoms with Crippen LogP contribution in [0.4, 0.5) is 4.39 Å². The number of halogens is 1. The molecule has 1 aromatic rings. The Morgan fingerprint density at radius 3 is 2.44 bits per heavy atom. The van der Waals surface area contributed by atoms with Crippen molar-refractivity contribution in [1.29, 1.82) is 0 Å². The summed E-state index contributed by atoms with van der Waals surface area (Å²) < 4.78 is 12.9.